The first-order valence-electron chi connectivity index (χ1n) is 9.35. The predicted molar refractivity (Wildman–Crippen MR) is 107 cm³/mol. The van der Waals surface area contributed by atoms with Crippen molar-refractivity contribution in [2.45, 2.75) is 26.1 Å². The molecular weight excluding hydrogens is 358 g/mol. The highest BCUT2D eigenvalue weighted by molar-refractivity contribution is 5.76. The lowest BCUT2D eigenvalue weighted by Crippen LogP contribution is -2.30. The minimum atomic E-state index is -0.446. The molecule has 1 aliphatic rings. The number of aliphatic hydroxyl groups excluding tert-OH is 1. The normalized spacial score (nSPS) is 14.2. The van der Waals surface area contributed by atoms with E-state index in [0.717, 1.165) is 33.7 Å². The number of rotatable bonds is 6. The standard InChI is InChI=1S/C21H25N3O4/c1-14(25)10-24(12-16-5-7-19-20(9-16)28-13-27-19)11-15-4-6-17-18(8-15)23(3)21(26)22(17)2/h4-9,14,25H,10-13H2,1-3H3. The largest absolute Gasteiger partial charge is 0.454 e. The molecule has 4 rings (SSSR count). The number of fused-ring (bicyclic) bond motifs is 2. The van der Waals surface area contributed by atoms with Gasteiger partial charge >= 0.3 is 5.69 Å². The van der Waals surface area contributed by atoms with E-state index in [1.54, 1.807) is 30.2 Å². The van der Waals surface area contributed by atoms with Gasteiger partial charge in [-0.3, -0.25) is 14.0 Å². The molecule has 0 spiro atoms. The van der Waals surface area contributed by atoms with Gasteiger partial charge in [-0.25, -0.2) is 4.79 Å². The third-order valence-electron chi connectivity index (χ3n) is 5.11. The van der Waals surface area contributed by atoms with Crippen molar-refractivity contribution in [2.75, 3.05) is 13.3 Å². The Balaban J connectivity index is 1.59. The molecule has 7 heteroatoms. The minimum absolute atomic E-state index is 0.0339. The van der Waals surface area contributed by atoms with Gasteiger partial charge in [-0.2, -0.15) is 0 Å². The molecule has 1 unspecified atom stereocenters. The summed E-state index contributed by atoms with van der Waals surface area (Å²) in [5.41, 5.74) is 3.97. The summed E-state index contributed by atoms with van der Waals surface area (Å²) in [4.78, 5) is 14.3. The molecule has 0 saturated carbocycles. The smallest absolute Gasteiger partial charge is 0.328 e. The molecule has 1 atom stereocenters. The van der Waals surface area contributed by atoms with Crippen LogP contribution >= 0.6 is 0 Å². The van der Waals surface area contributed by atoms with Crippen LogP contribution in [0.25, 0.3) is 11.0 Å². The second-order valence-electron chi connectivity index (χ2n) is 7.43. The first-order chi connectivity index (χ1) is 13.4. The van der Waals surface area contributed by atoms with E-state index in [9.17, 15) is 9.90 Å². The fraction of sp³-hybridized carbons (Fsp3) is 0.381. The van der Waals surface area contributed by atoms with E-state index >= 15 is 0 Å². The molecule has 1 aromatic heterocycles. The zero-order valence-electron chi connectivity index (χ0n) is 16.4. The molecule has 0 saturated heterocycles. The Kier molecular flexibility index (Phi) is 4.87. The summed E-state index contributed by atoms with van der Waals surface area (Å²) in [6.45, 7) is 3.93. The SMILES string of the molecule is CC(O)CN(Cc1ccc2c(c1)OCO2)Cc1ccc2c(c1)n(C)c(=O)n2C. The number of ether oxygens (including phenoxy) is 2. The van der Waals surface area contributed by atoms with Gasteiger partial charge in [0.25, 0.3) is 0 Å². The van der Waals surface area contributed by atoms with Gasteiger partial charge in [-0.1, -0.05) is 12.1 Å². The van der Waals surface area contributed by atoms with Gasteiger partial charge in [0.1, 0.15) is 0 Å². The van der Waals surface area contributed by atoms with E-state index in [0.29, 0.717) is 19.6 Å². The summed E-state index contributed by atoms with van der Waals surface area (Å²) >= 11 is 0. The second-order valence-corrected chi connectivity index (χ2v) is 7.43. The average molecular weight is 383 g/mol. The molecule has 0 amide bonds. The van der Waals surface area contributed by atoms with Crippen molar-refractivity contribution >= 4 is 11.0 Å². The molecule has 28 heavy (non-hydrogen) atoms. The highest BCUT2D eigenvalue weighted by Gasteiger charge is 2.16. The number of hydrogen-bond acceptors (Lipinski definition) is 5. The van der Waals surface area contributed by atoms with Crippen molar-refractivity contribution in [3.8, 4) is 11.5 Å². The van der Waals surface area contributed by atoms with Crippen molar-refractivity contribution < 1.29 is 14.6 Å². The molecule has 2 heterocycles. The molecule has 148 valence electrons. The number of benzene rings is 2. The van der Waals surface area contributed by atoms with Crippen LogP contribution in [0.2, 0.25) is 0 Å². The Morgan fingerprint density at radius 1 is 1.00 bits per heavy atom. The lowest BCUT2D eigenvalue weighted by atomic mass is 10.1. The predicted octanol–water partition coefficient (Wildman–Crippen LogP) is 1.99. The number of nitrogens with zero attached hydrogens (tertiary/aromatic N) is 3. The number of imidazole rings is 1. The van der Waals surface area contributed by atoms with Gasteiger partial charge in [0.2, 0.25) is 6.79 Å². The van der Waals surface area contributed by atoms with Crippen LogP contribution in [0.3, 0.4) is 0 Å². The molecule has 0 radical (unpaired) electrons. The first-order valence-corrected chi connectivity index (χ1v) is 9.35. The van der Waals surface area contributed by atoms with Gasteiger partial charge in [-0.15, -0.1) is 0 Å². The van der Waals surface area contributed by atoms with Crippen LogP contribution in [0.1, 0.15) is 18.1 Å². The van der Waals surface area contributed by atoms with E-state index in [1.165, 1.54) is 0 Å². The topological polar surface area (TPSA) is 68.9 Å². The fourth-order valence-corrected chi connectivity index (χ4v) is 3.77. The van der Waals surface area contributed by atoms with Crippen LogP contribution in [0.4, 0.5) is 0 Å². The van der Waals surface area contributed by atoms with Crippen LogP contribution in [0.15, 0.2) is 41.2 Å². The van der Waals surface area contributed by atoms with Gasteiger partial charge < -0.3 is 14.6 Å². The number of aromatic nitrogens is 2. The van der Waals surface area contributed by atoms with Crippen molar-refractivity contribution in [1.29, 1.82) is 0 Å². The van der Waals surface area contributed by atoms with Gasteiger partial charge in [0.15, 0.2) is 11.5 Å². The molecule has 2 aromatic carbocycles. The zero-order chi connectivity index (χ0) is 19.8. The molecule has 1 aliphatic heterocycles. The minimum Gasteiger partial charge on any atom is -0.454 e. The molecular formula is C21H25N3O4. The molecule has 7 nitrogen and oxygen atoms in total. The summed E-state index contributed by atoms with van der Waals surface area (Å²) in [7, 11) is 3.57. The highest BCUT2D eigenvalue weighted by Crippen LogP contribution is 2.33. The molecule has 1 N–H and O–H groups in total. The third-order valence-corrected chi connectivity index (χ3v) is 5.11. The monoisotopic (exact) mass is 383 g/mol. The quantitative estimate of drug-likeness (QED) is 0.705. The number of aliphatic hydroxyl groups is 1. The Morgan fingerprint density at radius 2 is 1.64 bits per heavy atom. The van der Waals surface area contributed by atoms with Crippen LogP contribution in [-0.4, -0.2) is 38.6 Å². The summed E-state index contributed by atoms with van der Waals surface area (Å²) in [6, 6.07) is 12.0. The van der Waals surface area contributed by atoms with Gasteiger partial charge in [0.05, 0.1) is 17.1 Å². The molecule has 0 bridgehead atoms. The summed E-state index contributed by atoms with van der Waals surface area (Å²) < 4.78 is 14.2. The molecule has 0 aliphatic carbocycles. The average Bonchev–Trinajstić information content (AvgIpc) is 3.20. The Labute approximate surface area is 163 Å². The van der Waals surface area contributed by atoms with Crippen molar-refractivity contribution in [3.05, 3.63) is 58.0 Å². The maximum atomic E-state index is 12.2. The van der Waals surface area contributed by atoms with E-state index in [-0.39, 0.29) is 12.5 Å². The Morgan fingerprint density at radius 3 is 2.39 bits per heavy atom. The Bertz CT molecular complexity index is 1070. The van der Waals surface area contributed by atoms with E-state index < -0.39 is 6.10 Å². The fourth-order valence-electron chi connectivity index (χ4n) is 3.77. The van der Waals surface area contributed by atoms with Gasteiger partial charge in [0, 0.05) is 33.7 Å². The lowest BCUT2D eigenvalue weighted by molar-refractivity contribution is 0.118. The third kappa shape index (κ3) is 3.50. The second kappa shape index (κ2) is 7.33. The summed E-state index contributed by atoms with van der Waals surface area (Å²) in [6.07, 6.45) is -0.446. The van der Waals surface area contributed by atoms with Crippen LogP contribution in [0, 0.1) is 0 Å². The van der Waals surface area contributed by atoms with Crippen molar-refractivity contribution in [1.82, 2.24) is 14.0 Å². The van der Waals surface area contributed by atoms with Gasteiger partial charge in [-0.05, 0) is 42.3 Å². The lowest BCUT2D eigenvalue weighted by Gasteiger charge is -2.24. The van der Waals surface area contributed by atoms with Crippen LogP contribution < -0.4 is 15.2 Å². The van der Waals surface area contributed by atoms with Crippen molar-refractivity contribution in [3.63, 3.8) is 0 Å². The van der Waals surface area contributed by atoms with Crippen molar-refractivity contribution in [2.24, 2.45) is 14.1 Å². The Hall–Kier alpha value is -2.77. The zero-order valence-corrected chi connectivity index (χ0v) is 16.4. The maximum absolute atomic E-state index is 12.2. The first kappa shape index (κ1) is 18.6. The van der Waals surface area contributed by atoms with E-state index in [4.69, 9.17) is 9.47 Å². The number of hydrogen-bond donors (Lipinski definition) is 1. The van der Waals surface area contributed by atoms with E-state index in [2.05, 4.69) is 4.90 Å². The summed E-state index contributed by atoms with van der Waals surface area (Å²) in [5, 5.41) is 9.95. The molecule has 0 fully saturated rings. The van der Waals surface area contributed by atoms with Crippen LogP contribution in [0.5, 0.6) is 11.5 Å². The van der Waals surface area contributed by atoms with Crippen LogP contribution in [-0.2, 0) is 27.2 Å². The molecule has 3 aromatic rings. The maximum Gasteiger partial charge on any atom is 0.328 e. The summed E-state index contributed by atoms with van der Waals surface area (Å²) in [5.74, 6) is 1.52. The highest BCUT2D eigenvalue weighted by atomic mass is 16.7. The van der Waals surface area contributed by atoms with E-state index in [1.807, 2.05) is 36.4 Å². The number of aryl methyl sites for hydroxylation is 2.